The largest absolute Gasteiger partial charge is 0.204 e. The van der Waals surface area contributed by atoms with Crippen LogP contribution in [0.25, 0.3) is 0 Å². The van der Waals surface area contributed by atoms with Gasteiger partial charge in [0.15, 0.2) is 11.6 Å². The summed E-state index contributed by atoms with van der Waals surface area (Å²) in [6, 6.07) is 6.61. The standard InChI is InChI=1S/C16H19F2N/c1-2-12-5-4-8-16(9-12,11-19)10-13-6-3-7-14(17)15(13)18/h3,6-7,12H,2,4-5,8-10H2,1H3. The van der Waals surface area contributed by atoms with Crippen LogP contribution in [-0.4, -0.2) is 0 Å². The van der Waals surface area contributed by atoms with Crippen LogP contribution in [0.5, 0.6) is 0 Å². The third-order valence-corrected chi connectivity index (χ3v) is 4.32. The van der Waals surface area contributed by atoms with Crippen molar-refractivity contribution in [2.45, 2.75) is 45.4 Å². The van der Waals surface area contributed by atoms with E-state index >= 15 is 0 Å². The quantitative estimate of drug-likeness (QED) is 0.780. The van der Waals surface area contributed by atoms with Gasteiger partial charge in [-0.05, 0) is 36.8 Å². The zero-order valence-corrected chi connectivity index (χ0v) is 11.3. The predicted molar refractivity (Wildman–Crippen MR) is 70.4 cm³/mol. The van der Waals surface area contributed by atoms with Gasteiger partial charge in [-0.1, -0.05) is 38.3 Å². The van der Waals surface area contributed by atoms with Crippen LogP contribution < -0.4 is 0 Å². The highest BCUT2D eigenvalue weighted by molar-refractivity contribution is 5.23. The Hall–Kier alpha value is -1.43. The van der Waals surface area contributed by atoms with Gasteiger partial charge in [0.2, 0.25) is 0 Å². The lowest BCUT2D eigenvalue weighted by atomic mass is 9.67. The number of halogens is 2. The van der Waals surface area contributed by atoms with Crippen molar-refractivity contribution in [3.63, 3.8) is 0 Å². The molecule has 0 N–H and O–H groups in total. The predicted octanol–water partition coefficient (Wildman–Crippen LogP) is 4.62. The van der Waals surface area contributed by atoms with Crippen molar-refractivity contribution < 1.29 is 8.78 Å². The third kappa shape index (κ3) is 2.94. The second-order valence-corrected chi connectivity index (χ2v) is 5.65. The van der Waals surface area contributed by atoms with Crippen molar-refractivity contribution in [1.82, 2.24) is 0 Å². The maximum Gasteiger partial charge on any atom is 0.162 e. The van der Waals surface area contributed by atoms with E-state index < -0.39 is 17.0 Å². The first kappa shape index (κ1) is 14.0. The number of nitrogens with zero attached hydrogens (tertiary/aromatic N) is 1. The van der Waals surface area contributed by atoms with Crippen molar-refractivity contribution in [2.75, 3.05) is 0 Å². The van der Waals surface area contributed by atoms with Crippen LogP contribution in [0.4, 0.5) is 8.78 Å². The van der Waals surface area contributed by atoms with Crippen LogP contribution in [0.3, 0.4) is 0 Å². The lowest BCUT2D eigenvalue weighted by Crippen LogP contribution is -2.29. The summed E-state index contributed by atoms with van der Waals surface area (Å²) in [5.41, 5.74) is -0.189. The highest BCUT2D eigenvalue weighted by Crippen LogP contribution is 2.43. The smallest absolute Gasteiger partial charge is 0.162 e. The number of benzene rings is 1. The van der Waals surface area contributed by atoms with E-state index in [9.17, 15) is 14.0 Å². The van der Waals surface area contributed by atoms with Gasteiger partial charge in [-0.3, -0.25) is 0 Å². The van der Waals surface area contributed by atoms with E-state index in [1.807, 2.05) is 0 Å². The van der Waals surface area contributed by atoms with Gasteiger partial charge in [-0.25, -0.2) is 8.78 Å². The molecule has 0 saturated heterocycles. The summed E-state index contributed by atoms with van der Waals surface area (Å²) in [6.45, 7) is 2.13. The first-order valence-electron chi connectivity index (χ1n) is 6.94. The van der Waals surface area contributed by atoms with Crippen LogP contribution >= 0.6 is 0 Å². The summed E-state index contributed by atoms with van der Waals surface area (Å²) in [5, 5.41) is 9.51. The summed E-state index contributed by atoms with van der Waals surface area (Å²) in [4.78, 5) is 0. The molecule has 102 valence electrons. The van der Waals surface area contributed by atoms with E-state index in [1.54, 1.807) is 6.07 Å². The Morgan fingerprint density at radius 2 is 2.21 bits per heavy atom. The summed E-state index contributed by atoms with van der Waals surface area (Å²) in [7, 11) is 0. The second-order valence-electron chi connectivity index (χ2n) is 5.65. The first-order chi connectivity index (χ1) is 9.10. The Morgan fingerprint density at radius 1 is 1.42 bits per heavy atom. The molecule has 0 radical (unpaired) electrons. The molecule has 0 bridgehead atoms. The fourth-order valence-corrected chi connectivity index (χ4v) is 3.19. The molecule has 0 amide bonds. The van der Waals surface area contributed by atoms with Gasteiger partial charge < -0.3 is 0 Å². The minimum Gasteiger partial charge on any atom is -0.204 e. The molecule has 0 aromatic heterocycles. The molecule has 19 heavy (non-hydrogen) atoms. The van der Waals surface area contributed by atoms with Gasteiger partial charge in [0.1, 0.15) is 0 Å². The molecule has 1 aliphatic rings. The maximum absolute atomic E-state index is 13.8. The summed E-state index contributed by atoms with van der Waals surface area (Å²) in [5.74, 6) is -1.09. The summed E-state index contributed by atoms with van der Waals surface area (Å²) in [6.07, 6.45) is 5.11. The number of nitriles is 1. The van der Waals surface area contributed by atoms with E-state index in [-0.39, 0.29) is 0 Å². The third-order valence-electron chi connectivity index (χ3n) is 4.32. The van der Waals surface area contributed by atoms with Gasteiger partial charge in [0.25, 0.3) is 0 Å². The minimum absolute atomic E-state index is 0.323. The minimum atomic E-state index is -0.826. The molecule has 3 heteroatoms. The van der Waals surface area contributed by atoms with Gasteiger partial charge >= 0.3 is 0 Å². The van der Waals surface area contributed by atoms with Crippen LogP contribution in [0.15, 0.2) is 18.2 Å². The average Bonchev–Trinajstić information content (AvgIpc) is 2.44. The Labute approximate surface area is 113 Å². The molecule has 2 unspecified atom stereocenters. The number of hydrogen-bond donors (Lipinski definition) is 0. The Bertz CT molecular complexity index is 492. The van der Waals surface area contributed by atoms with Crippen molar-refractivity contribution in [2.24, 2.45) is 11.3 Å². The molecule has 1 aromatic carbocycles. The van der Waals surface area contributed by atoms with E-state index in [0.717, 1.165) is 38.2 Å². The Balaban J connectivity index is 2.23. The van der Waals surface area contributed by atoms with E-state index in [0.29, 0.717) is 17.9 Å². The first-order valence-corrected chi connectivity index (χ1v) is 6.94. The topological polar surface area (TPSA) is 23.8 Å². The normalized spacial score (nSPS) is 26.9. The monoisotopic (exact) mass is 263 g/mol. The van der Waals surface area contributed by atoms with E-state index in [2.05, 4.69) is 13.0 Å². The molecule has 0 spiro atoms. The molecule has 1 aliphatic carbocycles. The fraction of sp³-hybridized carbons (Fsp3) is 0.562. The van der Waals surface area contributed by atoms with E-state index in [1.165, 1.54) is 6.07 Å². The number of hydrogen-bond acceptors (Lipinski definition) is 1. The molecule has 1 saturated carbocycles. The molecular formula is C16H19F2N. The maximum atomic E-state index is 13.8. The highest BCUT2D eigenvalue weighted by Gasteiger charge is 2.36. The molecule has 2 atom stereocenters. The van der Waals surface area contributed by atoms with Crippen LogP contribution in [0.1, 0.15) is 44.6 Å². The Morgan fingerprint density at radius 3 is 2.89 bits per heavy atom. The SMILES string of the molecule is CCC1CCCC(C#N)(Cc2cccc(F)c2F)C1. The molecule has 0 heterocycles. The van der Waals surface area contributed by atoms with Crippen LogP contribution in [-0.2, 0) is 6.42 Å². The van der Waals surface area contributed by atoms with Crippen molar-refractivity contribution >= 4 is 0 Å². The molecule has 1 nitrogen and oxygen atoms in total. The molecule has 0 aliphatic heterocycles. The van der Waals surface area contributed by atoms with Crippen molar-refractivity contribution in [3.8, 4) is 6.07 Å². The van der Waals surface area contributed by atoms with Crippen molar-refractivity contribution in [1.29, 1.82) is 5.26 Å². The number of rotatable bonds is 3. The zero-order chi connectivity index (χ0) is 13.9. The molecule has 2 rings (SSSR count). The lowest BCUT2D eigenvalue weighted by Gasteiger charge is -2.35. The molecule has 1 aromatic rings. The second kappa shape index (κ2) is 5.69. The van der Waals surface area contributed by atoms with Crippen molar-refractivity contribution in [3.05, 3.63) is 35.4 Å². The van der Waals surface area contributed by atoms with Gasteiger partial charge in [-0.2, -0.15) is 5.26 Å². The Kier molecular flexibility index (Phi) is 4.19. The average molecular weight is 263 g/mol. The van der Waals surface area contributed by atoms with Gasteiger partial charge in [0, 0.05) is 0 Å². The van der Waals surface area contributed by atoms with Crippen LogP contribution in [0, 0.1) is 34.3 Å². The molecule has 1 fully saturated rings. The van der Waals surface area contributed by atoms with Gasteiger partial charge in [-0.15, -0.1) is 0 Å². The highest BCUT2D eigenvalue weighted by atomic mass is 19.2. The van der Waals surface area contributed by atoms with E-state index in [4.69, 9.17) is 0 Å². The summed E-state index contributed by atoms with van der Waals surface area (Å²) >= 11 is 0. The fourth-order valence-electron chi connectivity index (χ4n) is 3.19. The van der Waals surface area contributed by atoms with Gasteiger partial charge in [0.05, 0.1) is 11.5 Å². The zero-order valence-electron chi connectivity index (χ0n) is 11.3. The van der Waals surface area contributed by atoms with Crippen LogP contribution in [0.2, 0.25) is 0 Å². The molecular weight excluding hydrogens is 244 g/mol. The lowest BCUT2D eigenvalue weighted by molar-refractivity contribution is 0.192. The summed E-state index contributed by atoms with van der Waals surface area (Å²) < 4.78 is 27.0.